The predicted octanol–water partition coefficient (Wildman–Crippen LogP) is 4.44. The highest BCUT2D eigenvalue weighted by molar-refractivity contribution is 9.10. The lowest BCUT2D eigenvalue weighted by Gasteiger charge is -2.16. The van der Waals surface area contributed by atoms with E-state index in [9.17, 15) is 14.0 Å². The number of halogens is 2. The zero-order valence-corrected chi connectivity index (χ0v) is 16.9. The van der Waals surface area contributed by atoms with Crippen LogP contribution in [0.25, 0.3) is 0 Å². The summed E-state index contributed by atoms with van der Waals surface area (Å²) in [6.07, 6.45) is 0.105. The van der Waals surface area contributed by atoms with Crippen LogP contribution in [0.2, 0.25) is 0 Å². The summed E-state index contributed by atoms with van der Waals surface area (Å²) in [5.41, 5.74) is 1.22. The van der Waals surface area contributed by atoms with Crippen LogP contribution in [0.15, 0.2) is 58.0 Å². The Morgan fingerprint density at radius 3 is 2.52 bits per heavy atom. The molecule has 5 nitrogen and oxygen atoms in total. The number of imide groups is 1. The van der Waals surface area contributed by atoms with E-state index >= 15 is 0 Å². The molecular formula is C19H17BrFN3O2S. The largest absolute Gasteiger partial charge is 0.335 e. The molecule has 1 atom stereocenters. The molecule has 0 saturated carbocycles. The van der Waals surface area contributed by atoms with Crippen molar-refractivity contribution >= 4 is 56.0 Å². The van der Waals surface area contributed by atoms with E-state index in [0.717, 1.165) is 4.47 Å². The number of carbonyl (C=O) groups excluding carboxylic acids is 2. The number of aliphatic imine (C=N–C) groups is 1. The van der Waals surface area contributed by atoms with E-state index in [1.807, 2.05) is 6.92 Å². The molecule has 1 heterocycles. The Morgan fingerprint density at radius 1 is 1.22 bits per heavy atom. The number of benzene rings is 2. The van der Waals surface area contributed by atoms with Gasteiger partial charge in [0.05, 0.1) is 5.69 Å². The Morgan fingerprint density at radius 2 is 1.89 bits per heavy atom. The first-order valence-electron chi connectivity index (χ1n) is 8.34. The third kappa shape index (κ3) is 4.75. The summed E-state index contributed by atoms with van der Waals surface area (Å²) in [5, 5.41) is 3.05. The van der Waals surface area contributed by atoms with E-state index in [1.165, 1.54) is 28.8 Å². The lowest BCUT2D eigenvalue weighted by Crippen LogP contribution is -2.31. The van der Waals surface area contributed by atoms with Gasteiger partial charge in [0.1, 0.15) is 11.1 Å². The smallest absolute Gasteiger partial charge is 0.247 e. The first-order valence-corrected chi connectivity index (χ1v) is 10.0. The number of thioether (sulfide) groups is 1. The van der Waals surface area contributed by atoms with Gasteiger partial charge in [0.25, 0.3) is 0 Å². The van der Waals surface area contributed by atoms with E-state index in [2.05, 4.69) is 26.2 Å². The molecule has 2 amide bonds. The molecular weight excluding hydrogens is 433 g/mol. The average Bonchev–Trinajstić information content (AvgIpc) is 2.92. The zero-order valence-electron chi connectivity index (χ0n) is 14.5. The van der Waals surface area contributed by atoms with Gasteiger partial charge in [0.15, 0.2) is 5.17 Å². The molecule has 3 rings (SSSR count). The maximum Gasteiger partial charge on any atom is 0.247 e. The number of anilines is 2. The molecule has 0 unspecified atom stereocenters. The monoisotopic (exact) mass is 449 g/mol. The number of amidine groups is 1. The number of carbonyl (C=O) groups is 2. The van der Waals surface area contributed by atoms with Crippen molar-refractivity contribution in [2.45, 2.75) is 18.6 Å². The van der Waals surface area contributed by atoms with Gasteiger partial charge in [-0.05, 0) is 55.5 Å². The zero-order chi connectivity index (χ0) is 19.4. The topological polar surface area (TPSA) is 61.8 Å². The van der Waals surface area contributed by atoms with Crippen LogP contribution in [-0.2, 0) is 9.59 Å². The summed E-state index contributed by atoms with van der Waals surface area (Å²) in [4.78, 5) is 30.7. The van der Waals surface area contributed by atoms with Gasteiger partial charge in [-0.2, -0.15) is 0 Å². The quantitative estimate of drug-likeness (QED) is 0.425. The van der Waals surface area contributed by atoms with Crippen molar-refractivity contribution in [2.24, 2.45) is 4.99 Å². The SMILES string of the molecule is CCN=C(Nc1ccc(F)cc1)S[C@@H]1CC(=O)N(c2ccc(Br)cc2)C1=O. The normalized spacial score (nSPS) is 17.5. The van der Waals surface area contributed by atoms with Crippen LogP contribution < -0.4 is 10.2 Å². The fraction of sp³-hybridized carbons (Fsp3) is 0.211. The van der Waals surface area contributed by atoms with Crippen LogP contribution in [0.4, 0.5) is 15.8 Å². The molecule has 1 fully saturated rings. The Labute approximate surface area is 169 Å². The lowest BCUT2D eigenvalue weighted by molar-refractivity contribution is -0.121. The standard InChI is InChI=1S/C19H17BrFN3O2S/c1-2-22-19(23-14-7-5-13(21)6-8-14)27-16-11-17(25)24(18(16)26)15-9-3-12(20)4-10-15/h3-10,16H,2,11H2,1H3,(H,22,23)/t16-/m1/s1. The second-order valence-electron chi connectivity index (χ2n) is 5.77. The van der Waals surface area contributed by atoms with Gasteiger partial charge in [0, 0.05) is 23.1 Å². The molecule has 1 saturated heterocycles. The highest BCUT2D eigenvalue weighted by Gasteiger charge is 2.40. The molecule has 1 aliphatic heterocycles. The van der Waals surface area contributed by atoms with Crippen LogP contribution in [0.3, 0.4) is 0 Å². The molecule has 1 N–H and O–H groups in total. The fourth-order valence-corrected chi connectivity index (χ4v) is 3.95. The first-order chi connectivity index (χ1) is 13.0. The summed E-state index contributed by atoms with van der Waals surface area (Å²) >= 11 is 4.56. The molecule has 2 aromatic rings. The van der Waals surface area contributed by atoms with Gasteiger partial charge in [-0.25, -0.2) is 9.29 Å². The summed E-state index contributed by atoms with van der Waals surface area (Å²) in [5.74, 6) is -0.835. The number of nitrogens with one attached hydrogen (secondary N) is 1. The Hall–Kier alpha value is -2.19. The number of nitrogens with zero attached hydrogens (tertiary/aromatic N) is 2. The van der Waals surface area contributed by atoms with Gasteiger partial charge in [-0.1, -0.05) is 27.7 Å². The maximum absolute atomic E-state index is 13.1. The van der Waals surface area contributed by atoms with E-state index in [-0.39, 0.29) is 24.1 Å². The van der Waals surface area contributed by atoms with Crippen LogP contribution in [0.5, 0.6) is 0 Å². The van der Waals surface area contributed by atoms with Crippen molar-refractivity contribution in [3.8, 4) is 0 Å². The minimum absolute atomic E-state index is 0.105. The van der Waals surface area contributed by atoms with Crippen molar-refractivity contribution in [3.05, 3.63) is 58.8 Å². The molecule has 2 aromatic carbocycles. The molecule has 140 valence electrons. The minimum atomic E-state index is -0.556. The van der Waals surface area contributed by atoms with Crippen molar-refractivity contribution < 1.29 is 14.0 Å². The second-order valence-corrected chi connectivity index (χ2v) is 7.87. The average molecular weight is 450 g/mol. The van der Waals surface area contributed by atoms with Crippen molar-refractivity contribution in [1.29, 1.82) is 0 Å². The van der Waals surface area contributed by atoms with Crippen LogP contribution in [0.1, 0.15) is 13.3 Å². The highest BCUT2D eigenvalue weighted by Crippen LogP contribution is 2.31. The van der Waals surface area contributed by atoms with E-state index < -0.39 is 5.25 Å². The first kappa shape index (κ1) is 19.6. The Bertz CT molecular complexity index is 872. The Kier molecular flexibility index (Phi) is 6.28. The van der Waals surface area contributed by atoms with Gasteiger partial charge in [0.2, 0.25) is 11.8 Å². The van der Waals surface area contributed by atoms with Crippen molar-refractivity contribution in [2.75, 3.05) is 16.8 Å². The van der Waals surface area contributed by atoms with Gasteiger partial charge in [-0.3, -0.25) is 14.6 Å². The van der Waals surface area contributed by atoms with E-state index in [1.54, 1.807) is 36.4 Å². The summed E-state index contributed by atoms with van der Waals surface area (Å²) < 4.78 is 13.9. The molecule has 8 heteroatoms. The summed E-state index contributed by atoms with van der Waals surface area (Å²) in [7, 11) is 0. The van der Waals surface area contributed by atoms with Crippen molar-refractivity contribution in [3.63, 3.8) is 0 Å². The highest BCUT2D eigenvalue weighted by atomic mass is 79.9. The summed E-state index contributed by atoms with van der Waals surface area (Å²) in [6, 6.07) is 12.9. The minimum Gasteiger partial charge on any atom is -0.335 e. The molecule has 0 bridgehead atoms. The lowest BCUT2D eigenvalue weighted by atomic mass is 10.3. The fourth-order valence-electron chi connectivity index (χ4n) is 2.60. The van der Waals surface area contributed by atoms with Gasteiger partial charge in [-0.15, -0.1) is 0 Å². The van der Waals surface area contributed by atoms with E-state index in [4.69, 9.17) is 0 Å². The molecule has 0 spiro atoms. The number of amides is 2. The van der Waals surface area contributed by atoms with Crippen molar-refractivity contribution in [1.82, 2.24) is 0 Å². The number of rotatable bonds is 4. The molecule has 1 aliphatic rings. The number of hydrogen-bond acceptors (Lipinski definition) is 4. The maximum atomic E-state index is 13.1. The Balaban J connectivity index is 1.74. The van der Waals surface area contributed by atoms with Crippen LogP contribution >= 0.6 is 27.7 Å². The molecule has 27 heavy (non-hydrogen) atoms. The molecule has 0 radical (unpaired) electrons. The molecule has 0 aliphatic carbocycles. The third-order valence-corrected chi connectivity index (χ3v) is 5.48. The second kappa shape index (κ2) is 8.67. The van der Waals surface area contributed by atoms with Crippen LogP contribution in [-0.4, -0.2) is 28.8 Å². The van der Waals surface area contributed by atoms with E-state index in [0.29, 0.717) is 23.1 Å². The van der Waals surface area contributed by atoms with Gasteiger partial charge >= 0.3 is 0 Å². The number of hydrogen-bond donors (Lipinski definition) is 1. The summed E-state index contributed by atoms with van der Waals surface area (Å²) in [6.45, 7) is 2.39. The van der Waals surface area contributed by atoms with Gasteiger partial charge < -0.3 is 5.32 Å². The third-order valence-electron chi connectivity index (χ3n) is 3.84. The van der Waals surface area contributed by atoms with Crippen LogP contribution in [0, 0.1) is 5.82 Å². The molecule has 0 aromatic heterocycles. The predicted molar refractivity (Wildman–Crippen MR) is 111 cm³/mol.